The molecule has 3 rings (SSSR count). The Morgan fingerprint density at radius 3 is 2.71 bits per heavy atom. The molecular formula is C17H25N5O2. The summed E-state index contributed by atoms with van der Waals surface area (Å²) >= 11 is 0. The summed E-state index contributed by atoms with van der Waals surface area (Å²) in [5, 5.41) is 12.5. The van der Waals surface area contributed by atoms with Gasteiger partial charge in [0, 0.05) is 31.9 Å². The largest absolute Gasteiger partial charge is 0.385 e. The van der Waals surface area contributed by atoms with E-state index in [0.717, 1.165) is 49.4 Å². The van der Waals surface area contributed by atoms with E-state index in [1.807, 2.05) is 18.2 Å². The number of imidazole rings is 1. The molecule has 0 radical (unpaired) electrons. The Balaban J connectivity index is 1.59. The van der Waals surface area contributed by atoms with Crippen LogP contribution in [-0.4, -0.2) is 70.1 Å². The van der Waals surface area contributed by atoms with Gasteiger partial charge in [-0.25, -0.2) is 4.98 Å². The number of piperazine rings is 1. The van der Waals surface area contributed by atoms with Crippen molar-refractivity contribution in [3.63, 3.8) is 0 Å². The minimum atomic E-state index is -0.641. The minimum absolute atomic E-state index is 0.00503. The molecule has 1 aliphatic rings. The van der Waals surface area contributed by atoms with Gasteiger partial charge in [-0.3, -0.25) is 9.69 Å². The van der Waals surface area contributed by atoms with E-state index < -0.39 is 6.10 Å². The number of nitrogens with one attached hydrogen (secondary N) is 2. The second kappa shape index (κ2) is 7.29. The molecule has 130 valence electrons. The number of benzene rings is 1. The monoisotopic (exact) mass is 331 g/mol. The molecule has 2 aromatic rings. The molecule has 1 aliphatic heterocycles. The van der Waals surface area contributed by atoms with Crippen molar-refractivity contribution < 1.29 is 9.90 Å². The Morgan fingerprint density at radius 2 is 2.04 bits per heavy atom. The van der Waals surface area contributed by atoms with E-state index in [1.54, 1.807) is 6.92 Å². The summed E-state index contributed by atoms with van der Waals surface area (Å²) in [5.74, 6) is 0.525. The highest BCUT2D eigenvalue weighted by atomic mass is 16.3. The second-order valence-electron chi connectivity index (χ2n) is 6.29. The van der Waals surface area contributed by atoms with Crippen LogP contribution in [0.1, 0.15) is 25.8 Å². The lowest BCUT2D eigenvalue weighted by molar-refractivity contribution is -0.117. The van der Waals surface area contributed by atoms with Crippen LogP contribution in [0.15, 0.2) is 18.2 Å². The van der Waals surface area contributed by atoms with Crippen LogP contribution in [0, 0.1) is 0 Å². The number of anilines is 1. The predicted molar refractivity (Wildman–Crippen MR) is 93.9 cm³/mol. The van der Waals surface area contributed by atoms with Crippen molar-refractivity contribution in [1.82, 2.24) is 19.8 Å². The molecule has 7 nitrogen and oxygen atoms in total. The Labute approximate surface area is 141 Å². The van der Waals surface area contributed by atoms with Crippen LogP contribution in [0.4, 0.5) is 5.69 Å². The number of H-pyrrole nitrogens is 1. The summed E-state index contributed by atoms with van der Waals surface area (Å²) in [6.45, 7) is 9.21. The summed E-state index contributed by atoms with van der Waals surface area (Å²) in [6, 6.07) is 5.52. The fraction of sp³-hybridized carbons (Fsp3) is 0.529. The summed E-state index contributed by atoms with van der Waals surface area (Å²) < 4.78 is 0. The molecule has 3 N–H and O–H groups in total. The average Bonchev–Trinajstić information content (AvgIpc) is 2.99. The number of aliphatic hydroxyl groups is 1. The van der Waals surface area contributed by atoms with E-state index in [2.05, 4.69) is 32.0 Å². The minimum Gasteiger partial charge on any atom is -0.385 e. The smallest absolute Gasteiger partial charge is 0.238 e. The van der Waals surface area contributed by atoms with Gasteiger partial charge in [-0.2, -0.15) is 0 Å². The summed E-state index contributed by atoms with van der Waals surface area (Å²) in [4.78, 5) is 24.2. The molecule has 1 fully saturated rings. The van der Waals surface area contributed by atoms with E-state index >= 15 is 0 Å². The third-order valence-corrected chi connectivity index (χ3v) is 4.46. The van der Waals surface area contributed by atoms with Crippen LogP contribution < -0.4 is 5.32 Å². The van der Waals surface area contributed by atoms with Gasteiger partial charge < -0.3 is 20.3 Å². The normalized spacial score (nSPS) is 18.0. The third-order valence-electron chi connectivity index (χ3n) is 4.46. The Morgan fingerprint density at radius 1 is 1.33 bits per heavy atom. The number of aromatic nitrogens is 2. The second-order valence-corrected chi connectivity index (χ2v) is 6.29. The number of fused-ring (bicyclic) bond motifs is 1. The molecular weight excluding hydrogens is 306 g/mol. The quantitative estimate of drug-likeness (QED) is 0.766. The van der Waals surface area contributed by atoms with Crippen LogP contribution in [-0.2, 0) is 4.79 Å². The van der Waals surface area contributed by atoms with Crippen molar-refractivity contribution in [1.29, 1.82) is 0 Å². The number of aromatic amines is 1. The molecule has 7 heteroatoms. The average molecular weight is 331 g/mol. The summed E-state index contributed by atoms with van der Waals surface area (Å²) in [5.41, 5.74) is 2.32. The van der Waals surface area contributed by atoms with Gasteiger partial charge >= 0.3 is 0 Å². The van der Waals surface area contributed by atoms with Gasteiger partial charge in [0.05, 0.1) is 17.6 Å². The first-order valence-electron chi connectivity index (χ1n) is 8.47. The number of nitrogens with zero attached hydrogens (tertiary/aromatic N) is 3. The van der Waals surface area contributed by atoms with Gasteiger partial charge in [0.25, 0.3) is 0 Å². The number of hydrogen-bond donors (Lipinski definition) is 3. The van der Waals surface area contributed by atoms with Crippen LogP contribution in [0.3, 0.4) is 0 Å². The van der Waals surface area contributed by atoms with Gasteiger partial charge in [0.15, 0.2) is 0 Å². The molecule has 1 atom stereocenters. The maximum Gasteiger partial charge on any atom is 0.238 e. The first kappa shape index (κ1) is 16.9. The fourth-order valence-electron chi connectivity index (χ4n) is 2.97. The van der Waals surface area contributed by atoms with E-state index in [0.29, 0.717) is 12.4 Å². The van der Waals surface area contributed by atoms with Crippen LogP contribution in [0.5, 0.6) is 0 Å². The van der Waals surface area contributed by atoms with Crippen molar-refractivity contribution in [2.45, 2.75) is 20.0 Å². The van der Waals surface area contributed by atoms with Crippen LogP contribution in [0.2, 0.25) is 0 Å². The Kier molecular flexibility index (Phi) is 5.13. The van der Waals surface area contributed by atoms with Crippen molar-refractivity contribution in [3.8, 4) is 0 Å². The number of rotatable bonds is 5. The lowest BCUT2D eigenvalue weighted by atomic mass is 10.2. The van der Waals surface area contributed by atoms with E-state index in [9.17, 15) is 9.90 Å². The molecule has 0 saturated carbocycles. The number of carbonyl (C=O) groups excluding carboxylic acids is 1. The van der Waals surface area contributed by atoms with E-state index in [1.165, 1.54) is 0 Å². The predicted octanol–water partition coefficient (Wildman–Crippen LogP) is 1.19. The highest BCUT2D eigenvalue weighted by molar-refractivity contribution is 5.94. The zero-order chi connectivity index (χ0) is 17.1. The molecule has 0 aliphatic carbocycles. The SMILES string of the molecule is CCN1CCN(CC(=O)Nc2ccc3nc(C(C)O)[nH]c3c2)CC1. The number of amides is 1. The standard InChI is InChI=1S/C17H25N5O2/c1-3-21-6-8-22(9-7-21)11-16(24)18-13-4-5-14-15(10-13)20-17(19-14)12(2)23/h4-5,10,12,23H,3,6-9,11H2,1-2H3,(H,18,24)(H,19,20). The highest BCUT2D eigenvalue weighted by Crippen LogP contribution is 2.19. The van der Waals surface area contributed by atoms with Gasteiger partial charge in [-0.15, -0.1) is 0 Å². The number of carbonyl (C=O) groups is 1. The molecule has 0 bridgehead atoms. The third kappa shape index (κ3) is 3.92. The van der Waals surface area contributed by atoms with E-state index in [4.69, 9.17) is 0 Å². The zero-order valence-corrected chi connectivity index (χ0v) is 14.2. The lowest BCUT2D eigenvalue weighted by Gasteiger charge is -2.33. The molecule has 2 heterocycles. The first-order chi connectivity index (χ1) is 11.5. The fourth-order valence-corrected chi connectivity index (χ4v) is 2.97. The number of hydrogen-bond acceptors (Lipinski definition) is 5. The zero-order valence-electron chi connectivity index (χ0n) is 14.2. The Bertz CT molecular complexity index is 704. The first-order valence-corrected chi connectivity index (χ1v) is 8.47. The maximum atomic E-state index is 12.2. The summed E-state index contributed by atoms with van der Waals surface area (Å²) in [6.07, 6.45) is -0.641. The van der Waals surface area contributed by atoms with Gasteiger partial charge in [-0.1, -0.05) is 6.92 Å². The van der Waals surface area contributed by atoms with Gasteiger partial charge in [0.1, 0.15) is 11.9 Å². The van der Waals surface area contributed by atoms with Crippen molar-refractivity contribution in [2.24, 2.45) is 0 Å². The molecule has 1 amide bonds. The maximum absolute atomic E-state index is 12.2. The van der Waals surface area contributed by atoms with Crippen molar-refractivity contribution in [2.75, 3.05) is 44.6 Å². The molecule has 24 heavy (non-hydrogen) atoms. The lowest BCUT2D eigenvalue weighted by Crippen LogP contribution is -2.48. The summed E-state index contributed by atoms with van der Waals surface area (Å²) in [7, 11) is 0. The molecule has 1 unspecified atom stereocenters. The molecule has 1 aromatic heterocycles. The topological polar surface area (TPSA) is 84.5 Å². The highest BCUT2D eigenvalue weighted by Gasteiger charge is 2.18. The molecule has 1 aromatic carbocycles. The van der Waals surface area contributed by atoms with Crippen LogP contribution >= 0.6 is 0 Å². The van der Waals surface area contributed by atoms with E-state index in [-0.39, 0.29) is 5.91 Å². The van der Waals surface area contributed by atoms with Crippen LogP contribution in [0.25, 0.3) is 11.0 Å². The molecule has 0 spiro atoms. The Hall–Kier alpha value is -1.96. The van der Waals surface area contributed by atoms with Crippen molar-refractivity contribution >= 4 is 22.6 Å². The molecule has 1 saturated heterocycles. The van der Waals surface area contributed by atoms with Crippen molar-refractivity contribution in [3.05, 3.63) is 24.0 Å². The van der Waals surface area contributed by atoms with Gasteiger partial charge in [-0.05, 0) is 31.7 Å². The number of likely N-dealkylation sites (N-methyl/N-ethyl adjacent to an activating group) is 1. The van der Waals surface area contributed by atoms with Gasteiger partial charge in [0.2, 0.25) is 5.91 Å². The number of aliphatic hydroxyl groups excluding tert-OH is 1.